The lowest BCUT2D eigenvalue weighted by Crippen LogP contribution is -2.46. The van der Waals surface area contributed by atoms with Crippen LogP contribution in [0.25, 0.3) is 0 Å². The van der Waals surface area contributed by atoms with E-state index in [1.54, 1.807) is 0 Å². The highest BCUT2D eigenvalue weighted by molar-refractivity contribution is 5.78. The molecule has 0 spiro atoms. The molecule has 0 aliphatic heterocycles. The topological polar surface area (TPSA) is 115 Å². The second-order valence-electron chi connectivity index (χ2n) is 6.71. The second-order valence-corrected chi connectivity index (χ2v) is 6.71. The minimum atomic E-state index is -1.24. The Hall–Kier alpha value is -1.63. The van der Waals surface area contributed by atoms with E-state index < -0.39 is 37.0 Å². The van der Waals surface area contributed by atoms with Gasteiger partial charge in [0.15, 0.2) is 0 Å². The van der Waals surface area contributed by atoms with Crippen LogP contribution >= 0.6 is 0 Å². The number of carboxylic acid groups (broad SMARTS) is 3. The number of carbonyl (C=O) groups is 3. The van der Waals surface area contributed by atoms with Crippen LogP contribution in [-0.2, 0) is 14.4 Å². The Morgan fingerprint density at radius 2 is 1.41 bits per heavy atom. The summed E-state index contributed by atoms with van der Waals surface area (Å²) < 4.78 is 0. The van der Waals surface area contributed by atoms with E-state index in [9.17, 15) is 19.5 Å². The predicted molar refractivity (Wildman–Crippen MR) is 80.8 cm³/mol. The normalized spacial score (nSPS) is 13.1. The molecule has 0 amide bonds. The number of aliphatic carboxylic acids is 3. The van der Waals surface area contributed by atoms with Crippen LogP contribution in [0.2, 0.25) is 0 Å². The fourth-order valence-electron chi connectivity index (χ4n) is 2.26. The lowest BCUT2D eigenvalue weighted by molar-refractivity contribution is -0.149. The summed E-state index contributed by atoms with van der Waals surface area (Å²) in [5.41, 5.74) is 0.227. The van der Waals surface area contributed by atoms with Gasteiger partial charge in [0, 0.05) is 0 Å². The van der Waals surface area contributed by atoms with Crippen molar-refractivity contribution in [2.24, 2.45) is 5.41 Å². The second kappa shape index (κ2) is 9.40. The van der Waals surface area contributed by atoms with Crippen LogP contribution < -0.4 is 0 Å². The van der Waals surface area contributed by atoms with Gasteiger partial charge in [-0.15, -0.1) is 0 Å². The summed E-state index contributed by atoms with van der Waals surface area (Å²) >= 11 is 0. The third-order valence-electron chi connectivity index (χ3n) is 3.31. The van der Waals surface area contributed by atoms with Gasteiger partial charge in [0.1, 0.15) is 6.04 Å². The molecule has 128 valence electrons. The van der Waals surface area contributed by atoms with Gasteiger partial charge < -0.3 is 15.3 Å². The van der Waals surface area contributed by atoms with E-state index in [-0.39, 0.29) is 11.8 Å². The number of rotatable bonds is 11. The number of carboxylic acids is 3. The van der Waals surface area contributed by atoms with E-state index >= 15 is 0 Å². The number of unbranched alkanes of at least 4 members (excludes halogenated alkanes) is 2. The van der Waals surface area contributed by atoms with E-state index in [1.165, 1.54) is 0 Å². The lowest BCUT2D eigenvalue weighted by Gasteiger charge is -2.25. The Balaban J connectivity index is 4.50. The molecule has 0 bridgehead atoms. The molecular weight excluding hydrogens is 290 g/mol. The first-order valence-corrected chi connectivity index (χ1v) is 7.43. The molecule has 0 saturated heterocycles. The van der Waals surface area contributed by atoms with Crippen LogP contribution in [-0.4, -0.2) is 57.3 Å². The molecule has 22 heavy (non-hydrogen) atoms. The first-order chi connectivity index (χ1) is 10.0. The number of hydrogen-bond acceptors (Lipinski definition) is 4. The maximum atomic E-state index is 11.3. The van der Waals surface area contributed by atoms with Crippen molar-refractivity contribution in [3.8, 4) is 0 Å². The van der Waals surface area contributed by atoms with E-state index in [1.807, 2.05) is 0 Å². The zero-order chi connectivity index (χ0) is 17.3. The molecule has 0 aromatic heterocycles. The SMILES string of the molecule is CC(C)(C)CCCCCC(C(=O)O)N(CC(=O)O)CC(=O)O. The van der Waals surface area contributed by atoms with Gasteiger partial charge in [-0.25, -0.2) is 0 Å². The summed E-state index contributed by atoms with van der Waals surface area (Å²) in [4.78, 5) is 33.8. The van der Waals surface area contributed by atoms with Gasteiger partial charge in [0.05, 0.1) is 13.1 Å². The summed E-state index contributed by atoms with van der Waals surface area (Å²) in [6.45, 7) is 5.22. The van der Waals surface area contributed by atoms with Crippen molar-refractivity contribution in [1.82, 2.24) is 4.90 Å². The molecule has 0 aromatic carbocycles. The maximum absolute atomic E-state index is 11.3. The Kier molecular flexibility index (Phi) is 8.70. The highest BCUT2D eigenvalue weighted by Gasteiger charge is 2.28. The predicted octanol–water partition coefficient (Wildman–Crippen LogP) is 1.91. The van der Waals surface area contributed by atoms with Gasteiger partial charge in [-0.05, 0) is 18.3 Å². The van der Waals surface area contributed by atoms with Crippen molar-refractivity contribution in [3.05, 3.63) is 0 Å². The molecule has 0 aromatic rings. The summed E-state index contributed by atoms with van der Waals surface area (Å²) in [5, 5.41) is 26.8. The van der Waals surface area contributed by atoms with Gasteiger partial charge in [-0.2, -0.15) is 0 Å². The number of hydrogen-bond donors (Lipinski definition) is 3. The Morgan fingerprint density at radius 1 is 0.909 bits per heavy atom. The molecule has 7 heteroatoms. The van der Waals surface area contributed by atoms with Crippen molar-refractivity contribution >= 4 is 17.9 Å². The third kappa shape index (κ3) is 10.1. The van der Waals surface area contributed by atoms with E-state index in [0.717, 1.165) is 24.2 Å². The van der Waals surface area contributed by atoms with Crippen LogP contribution in [0.4, 0.5) is 0 Å². The van der Waals surface area contributed by atoms with Crippen LogP contribution in [0, 0.1) is 5.41 Å². The molecule has 0 rings (SSSR count). The summed E-state index contributed by atoms with van der Waals surface area (Å²) in [5.74, 6) is -3.65. The van der Waals surface area contributed by atoms with Gasteiger partial charge in [0.25, 0.3) is 0 Å². The lowest BCUT2D eigenvalue weighted by atomic mass is 9.89. The summed E-state index contributed by atoms with van der Waals surface area (Å²) in [7, 11) is 0. The fraction of sp³-hybridized carbons (Fsp3) is 0.800. The molecule has 1 unspecified atom stereocenters. The summed E-state index contributed by atoms with van der Waals surface area (Å²) in [6, 6.07) is -1.08. The minimum absolute atomic E-state index is 0.227. The van der Waals surface area contributed by atoms with E-state index in [2.05, 4.69) is 20.8 Å². The van der Waals surface area contributed by atoms with E-state index in [0.29, 0.717) is 6.42 Å². The molecule has 0 aliphatic carbocycles. The standard InChI is InChI=1S/C15H27NO6/c1-15(2,3)8-6-4-5-7-11(14(21)22)16(9-12(17)18)10-13(19)20/h11H,4-10H2,1-3H3,(H,17,18)(H,19,20)(H,21,22). The monoisotopic (exact) mass is 317 g/mol. The molecule has 0 saturated carbocycles. The average molecular weight is 317 g/mol. The van der Waals surface area contributed by atoms with Crippen LogP contribution in [0.15, 0.2) is 0 Å². The maximum Gasteiger partial charge on any atom is 0.320 e. The Morgan fingerprint density at radius 3 is 1.77 bits per heavy atom. The quantitative estimate of drug-likeness (QED) is 0.498. The molecule has 3 N–H and O–H groups in total. The Bertz CT molecular complexity index is 372. The smallest absolute Gasteiger partial charge is 0.320 e. The molecule has 0 fully saturated rings. The average Bonchev–Trinajstić information content (AvgIpc) is 2.29. The largest absolute Gasteiger partial charge is 0.480 e. The zero-order valence-corrected chi connectivity index (χ0v) is 13.5. The minimum Gasteiger partial charge on any atom is -0.480 e. The highest BCUT2D eigenvalue weighted by atomic mass is 16.4. The molecule has 0 aliphatic rings. The molecule has 0 radical (unpaired) electrons. The van der Waals surface area contributed by atoms with Gasteiger partial charge in [-0.3, -0.25) is 19.3 Å². The zero-order valence-electron chi connectivity index (χ0n) is 13.5. The first-order valence-electron chi connectivity index (χ1n) is 7.43. The van der Waals surface area contributed by atoms with Crippen molar-refractivity contribution in [2.75, 3.05) is 13.1 Å². The highest BCUT2D eigenvalue weighted by Crippen LogP contribution is 2.22. The van der Waals surface area contributed by atoms with Crippen molar-refractivity contribution in [2.45, 2.75) is 58.9 Å². The molecule has 0 heterocycles. The van der Waals surface area contributed by atoms with Gasteiger partial charge >= 0.3 is 17.9 Å². The molecule has 1 atom stereocenters. The van der Waals surface area contributed by atoms with Crippen molar-refractivity contribution < 1.29 is 29.7 Å². The van der Waals surface area contributed by atoms with E-state index in [4.69, 9.17) is 10.2 Å². The third-order valence-corrected chi connectivity index (χ3v) is 3.31. The number of nitrogens with zero attached hydrogens (tertiary/aromatic N) is 1. The van der Waals surface area contributed by atoms with Gasteiger partial charge in [0.2, 0.25) is 0 Å². The van der Waals surface area contributed by atoms with Crippen LogP contribution in [0.3, 0.4) is 0 Å². The van der Waals surface area contributed by atoms with Crippen molar-refractivity contribution in [1.29, 1.82) is 0 Å². The molecule has 7 nitrogen and oxygen atoms in total. The fourth-order valence-corrected chi connectivity index (χ4v) is 2.26. The Labute approximate surface area is 130 Å². The summed E-state index contributed by atoms with van der Waals surface area (Å²) in [6.07, 6.45) is 3.71. The molecular formula is C15H27NO6. The first kappa shape index (κ1) is 20.4. The van der Waals surface area contributed by atoms with Crippen LogP contribution in [0.5, 0.6) is 0 Å². The van der Waals surface area contributed by atoms with Crippen LogP contribution in [0.1, 0.15) is 52.9 Å². The van der Waals surface area contributed by atoms with Crippen molar-refractivity contribution in [3.63, 3.8) is 0 Å². The van der Waals surface area contributed by atoms with Gasteiger partial charge in [-0.1, -0.05) is 40.0 Å².